The summed E-state index contributed by atoms with van der Waals surface area (Å²) in [5.74, 6) is -0.0625. The Morgan fingerprint density at radius 1 is 1.67 bits per heavy atom. The van der Waals surface area contributed by atoms with Gasteiger partial charge in [0.2, 0.25) is 0 Å². The van der Waals surface area contributed by atoms with Crippen LogP contribution in [0.15, 0.2) is 5.38 Å². The molecule has 0 atom stereocenters. The average Bonchev–Trinajstić information content (AvgIpc) is 2.83. The largest absolute Gasteiger partial charge is 0.394 e. The van der Waals surface area contributed by atoms with Gasteiger partial charge in [-0.2, -0.15) is 5.10 Å². The molecule has 0 fully saturated rings. The standard InChI is InChI=1S/C7H8N6OS/c1-3-5(8)6(12-10-3)9-7(14)4-2-15-13-11-4/h2H,8H2,1H3,(H2,9,10,12,14). The van der Waals surface area contributed by atoms with Gasteiger partial charge < -0.3 is 11.1 Å². The van der Waals surface area contributed by atoms with Gasteiger partial charge in [-0.05, 0) is 18.5 Å². The zero-order valence-corrected chi connectivity index (χ0v) is 8.63. The lowest BCUT2D eigenvalue weighted by molar-refractivity contribution is 0.102. The van der Waals surface area contributed by atoms with Crippen molar-refractivity contribution in [1.82, 2.24) is 19.8 Å². The van der Waals surface area contributed by atoms with Crippen molar-refractivity contribution in [2.24, 2.45) is 0 Å². The molecule has 0 aliphatic heterocycles. The van der Waals surface area contributed by atoms with Gasteiger partial charge in [0.05, 0.1) is 11.4 Å². The first kappa shape index (κ1) is 9.59. The number of carbonyl (C=O) groups excluding carboxylic acids is 1. The molecule has 1 amide bonds. The Morgan fingerprint density at radius 3 is 3.00 bits per heavy atom. The van der Waals surface area contributed by atoms with Crippen LogP contribution in [-0.2, 0) is 0 Å². The quantitative estimate of drug-likeness (QED) is 0.684. The Hall–Kier alpha value is -1.96. The van der Waals surface area contributed by atoms with E-state index in [2.05, 4.69) is 25.1 Å². The summed E-state index contributed by atoms with van der Waals surface area (Å²) in [5.41, 5.74) is 7.05. The summed E-state index contributed by atoms with van der Waals surface area (Å²) < 4.78 is 3.58. The van der Waals surface area contributed by atoms with Gasteiger partial charge in [0, 0.05) is 5.38 Å². The van der Waals surface area contributed by atoms with Crippen LogP contribution < -0.4 is 11.1 Å². The van der Waals surface area contributed by atoms with E-state index in [1.54, 1.807) is 12.3 Å². The molecule has 7 nitrogen and oxygen atoms in total. The van der Waals surface area contributed by atoms with Crippen molar-refractivity contribution in [3.8, 4) is 0 Å². The number of hydrogen-bond donors (Lipinski definition) is 3. The predicted molar refractivity (Wildman–Crippen MR) is 55.6 cm³/mol. The lowest BCUT2D eigenvalue weighted by atomic mass is 10.4. The van der Waals surface area contributed by atoms with Gasteiger partial charge in [-0.15, -0.1) is 5.10 Å². The van der Waals surface area contributed by atoms with Crippen molar-refractivity contribution in [2.75, 3.05) is 11.1 Å². The molecule has 8 heteroatoms. The molecule has 0 aromatic carbocycles. The minimum Gasteiger partial charge on any atom is -0.394 e. The van der Waals surface area contributed by atoms with E-state index in [-0.39, 0.29) is 11.6 Å². The maximum Gasteiger partial charge on any atom is 0.278 e. The van der Waals surface area contributed by atoms with E-state index in [1.807, 2.05) is 0 Å². The SMILES string of the molecule is Cc1[nH]nc(NC(=O)c2csnn2)c1N. The molecule has 0 aliphatic rings. The maximum atomic E-state index is 11.5. The van der Waals surface area contributed by atoms with Crippen molar-refractivity contribution < 1.29 is 4.79 Å². The number of aryl methyl sites for hydroxylation is 1. The lowest BCUT2D eigenvalue weighted by Crippen LogP contribution is -2.13. The van der Waals surface area contributed by atoms with Gasteiger partial charge in [0.1, 0.15) is 0 Å². The molecule has 0 aliphatic carbocycles. The van der Waals surface area contributed by atoms with Crippen LogP contribution in [0.25, 0.3) is 0 Å². The number of carbonyl (C=O) groups is 1. The van der Waals surface area contributed by atoms with E-state index in [0.717, 1.165) is 11.5 Å². The minimum atomic E-state index is -0.373. The summed E-state index contributed by atoms with van der Waals surface area (Å²) in [4.78, 5) is 11.5. The maximum absolute atomic E-state index is 11.5. The molecule has 0 unspecified atom stereocenters. The molecular weight excluding hydrogens is 216 g/mol. The molecule has 0 bridgehead atoms. The van der Waals surface area contributed by atoms with Gasteiger partial charge in [0.25, 0.3) is 5.91 Å². The van der Waals surface area contributed by atoms with Crippen LogP contribution in [0.2, 0.25) is 0 Å². The molecular formula is C7H8N6OS. The Balaban J connectivity index is 2.16. The number of aromatic amines is 1. The number of hydrogen-bond acceptors (Lipinski definition) is 6. The van der Waals surface area contributed by atoms with Crippen LogP contribution in [0.3, 0.4) is 0 Å². The second-order valence-electron chi connectivity index (χ2n) is 2.86. The first-order valence-electron chi connectivity index (χ1n) is 4.07. The van der Waals surface area contributed by atoms with E-state index >= 15 is 0 Å². The summed E-state index contributed by atoms with van der Waals surface area (Å²) in [7, 11) is 0. The normalized spacial score (nSPS) is 10.2. The summed E-state index contributed by atoms with van der Waals surface area (Å²) in [5, 5.41) is 14.2. The Labute approximate surface area is 88.9 Å². The smallest absolute Gasteiger partial charge is 0.278 e. The van der Waals surface area contributed by atoms with Crippen LogP contribution in [0, 0.1) is 6.92 Å². The van der Waals surface area contributed by atoms with E-state index in [9.17, 15) is 4.79 Å². The molecule has 15 heavy (non-hydrogen) atoms. The number of nitrogens with one attached hydrogen (secondary N) is 2. The summed E-state index contributed by atoms with van der Waals surface area (Å²) in [6, 6.07) is 0. The number of amides is 1. The number of H-pyrrole nitrogens is 1. The number of anilines is 2. The third kappa shape index (κ3) is 1.79. The fourth-order valence-electron chi connectivity index (χ4n) is 0.968. The molecule has 0 radical (unpaired) electrons. The fourth-order valence-corrected chi connectivity index (χ4v) is 1.40. The van der Waals surface area contributed by atoms with Crippen molar-refractivity contribution in [2.45, 2.75) is 6.92 Å². The highest BCUT2D eigenvalue weighted by Crippen LogP contribution is 2.18. The van der Waals surface area contributed by atoms with Gasteiger partial charge in [-0.25, -0.2) is 0 Å². The van der Waals surface area contributed by atoms with Crippen molar-refractivity contribution >= 4 is 28.9 Å². The first-order valence-corrected chi connectivity index (χ1v) is 4.91. The Bertz CT molecular complexity index is 476. The summed E-state index contributed by atoms with van der Waals surface area (Å²) in [6.07, 6.45) is 0. The van der Waals surface area contributed by atoms with Crippen LogP contribution in [0.5, 0.6) is 0 Å². The molecule has 0 saturated heterocycles. The minimum absolute atomic E-state index is 0.250. The summed E-state index contributed by atoms with van der Waals surface area (Å²) in [6.45, 7) is 1.77. The van der Waals surface area contributed by atoms with Gasteiger partial charge >= 0.3 is 0 Å². The third-order valence-corrected chi connectivity index (χ3v) is 2.32. The molecule has 2 rings (SSSR count). The van der Waals surface area contributed by atoms with Crippen molar-refractivity contribution in [3.63, 3.8) is 0 Å². The monoisotopic (exact) mass is 224 g/mol. The summed E-state index contributed by atoms with van der Waals surface area (Å²) >= 11 is 1.11. The van der Waals surface area contributed by atoms with Crippen LogP contribution in [0.4, 0.5) is 11.5 Å². The highest BCUT2D eigenvalue weighted by molar-refractivity contribution is 7.03. The zero-order chi connectivity index (χ0) is 10.8. The molecule has 2 aromatic heterocycles. The Kier molecular flexibility index (Phi) is 2.34. The molecule has 0 saturated carbocycles. The second-order valence-corrected chi connectivity index (χ2v) is 3.46. The fraction of sp³-hybridized carbons (Fsp3) is 0.143. The van der Waals surface area contributed by atoms with Crippen molar-refractivity contribution in [1.29, 1.82) is 0 Å². The van der Waals surface area contributed by atoms with Gasteiger partial charge in [-0.1, -0.05) is 4.49 Å². The molecule has 2 heterocycles. The van der Waals surface area contributed by atoms with Gasteiger partial charge in [0.15, 0.2) is 11.5 Å². The van der Waals surface area contributed by atoms with Crippen LogP contribution in [-0.4, -0.2) is 25.7 Å². The molecule has 78 valence electrons. The van der Waals surface area contributed by atoms with Crippen LogP contribution in [0.1, 0.15) is 16.2 Å². The second kappa shape index (κ2) is 3.65. The Morgan fingerprint density at radius 2 is 2.47 bits per heavy atom. The number of rotatable bonds is 2. The number of aromatic nitrogens is 4. The number of nitrogens with zero attached hydrogens (tertiary/aromatic N) is 3. The zero-order valence-electron chi connectivity index (χ0n) is 7.81. The third-order valence-electron chi connectivity index (χ3n) is 1.82. The highest BCUT2D eigenvalue weighted by Gasteiger charge is 2.13. The van der Waals surface area contributed by atoms with E-state index < -0.39 is 0 Å². The molecule has 4 N–H and O–H groups in total. The topological polar surface area (TPSA) is 110 Å². The number of nitrogen functional groups attached to an aromatic ring is 1. The predicted octanol–water partition coefficient (Wildman–Crippen LogP) is 0.404. The molecule has 0 spiro atoms. The number of nitrogens with two attached hydrogens (primary N) is 1. The van der Waals surface area contributed by atoms with Gasteiger partial charge in [-0.3, -0.25) is 9.89 Å². The van der Waals surface area contributed by atoms with E-state index in [1.165, 1.54) is 0 Å². The highest BCUT2D eigenvalue weighted by atomic mass is 32.1. The van der Waals surface area contributed by atoms with E-state index in [4.69, 9.17) is 5.73 Å². The molecule has 2 aromatic rings. The van der Waals surface area contributed by atoms with Crippen LogP contribution >= 0.6 is 11.5 Å². The van der Waals surface area contributed by atoms with E-state index in [0.29, 0.717) is 17.2 Å². The average molecular weight is 224 g/mol. The van der Waals surface area contributed by atoms with Crippen molar-refractivity contribution in [3.05, 3.63) is 16.8 Å². The lowest BCUT2D eigenvalue weighted by Gasteiger charge is -1.98. The first-order chi connectivity index (χ1) is 7.18.